The molecule has 0 atom stereocenters. The summed E-state index contributed by atoms with van der Waals surface area (Å²) in [4.78, 5) is 30.3. The van der Waals surface area contributed by atoms with Gasteiger partial charge in [-0.15, -0.1) is 0 Å². The van der Waals surface area contributed by atoms with Crippen LogP contribution in [-0.2, 0) is 7.05 Å². The maximum atomic E-state index is 13.0. The molecule has 0 N–H and O–H groups in total. The zero-order valence-electron chi connectivity index (χ0n) is 17.5. The molecular weight excluding hydrogens is 368 g/mol. The third-order valence-electron chi connectivity index (χ3n) is 5.75. The maximum Gasteiger partial charge on any atom is 0.257 e. The number of carbonyl (C=O) groups excluding carboxylic acids is 1. The maximum absolute atomic E-state index is 13.0. The number of piperazine rings is 1. The number of nitrogens with zero attached hydrogens (tertiary/aromatic N) is 8. The first-order valence-electron chi connectivity index (χ1n) is 9.74. The fraction of sp³-hybridized carbons (Fsp3) is 0.450. The van der Waals surface area contributed by atoms with Crippen LogP contribution >= 0.6 is 0 Å². The highest BCUT2D eigenvalue weighted by atomic mass is 16.2. The number of hydrogen-bond acceptors (Lipinski definition) is 6. The molecule has 1 saturated heterocycles. The standard InChI is InChI=1S/C20H26N8O/c1-13-15(3)28(12-23-13)18-10-17(21-11-22-18)26-6-8-27(9-7-26)20(29)19-14(2)24-25(5)16(19)4/h10-12H,6-9H2,1-5H3. The van der Waals surface area contributed by atoms with E-state index in [0.29, 0.717) is 13.1 Å². The van der Waals surface area contributed by atoms with E-state index in [1.165, 1.54) is 0 Å². The fourth-order valence-electron chi connectivity index (χ4n) is 3.75. The molecule has 4 heterocycles. The lowest BCUT2D eigenvalue weighted by molar-refractivity contribution is 0.0745. The molecule has 3 aromatic heterocycles. The molecule has 9 heteroatoms. The van der Waals surface area contributed by atoms with Crippen LogP contribution < -0.4 is 4.90 Å². The lowest BCUT2D eigenvalue weighted by Gasteiger charge is -2.35. The van der Waals surface area contributed by atoms with E-state index in [1.807, 2.05) is 50.3 Å². The number of imidazole rings is 1. The zero-order valence-corrected chi connectivity index (χ0v) is 17.5. The van der Waals surface area contributed by atoms with Crippen LogP contribution in [0.2, 0.25) is 0 Å². The van der Waals surface area contributed by atoms with Gasteiger partial charge in [0.15, 0.2) is 0 Å². The van der Waals surface area contributed by atoms with Crippen molar-refractivity contribution in [3.05, 3.63) is 47.1 Å². The molecule has 1 fully saturated rings. The lowest BCUT2D eigenvalue weighted by atomic mass is 10.1. The fourth-order valence-corrected chi connectivity index (χ4v) is 3.75. The van der Waals surface area contributed by atoms with Crippen LogP contribution in [0.5, 0.6) is 0 Å². The summed E-state index contributed by atoms with van der Waals surface area (Å²) in [5.41, 5.74) is 4.45. The van der Waals surface area contributed by atoms with Gasteiger partial charge in [0, 0.05) is 50.7 Å². The largest absolute Gasteiger partial charge is 0.353 e. The van der Waals surface area contributed by atoms with Gasteiger partial charge in [-0.2, -0.15) is 5.10 Å². The van der Waals surface area contributed by atoms with E-state index in [2.05, 4.69) is 25.0 Å². The molecule has 9 nitrogen and oxygen atoms in total. The highest BCUT2D eigenvalue weighted by Crippen LogP contribution is 2.20. The van der Waals surface area contributed by atoms with Crippen LogP contribution in [0.1, 0.15) is 33.1 Å². The van der Waals surface area contributed by atoms with Crippen LogP contribution in [-0.4, -0.2) is 66.3 Å². The van der Waals surface area contributed by atoms with Gasteiger partial charge in [0.2, 0.25) is 0 Å². The van der Waals surface area contributed by atoms with Gasteiger partial charge in [0.05, 0.1) is 17.0 Å². The SMILES string of the molecule is Cc1nn(C)c(C)c1C(=O)N1CCN(c2cc(-n3cnc(C)c3C)ncn2)CC1. The van der Waals surface area contributed by atoms with Gasteiger partial charge in [-0.25, -0.2) is 15.0 Å². The summed E-state index contributed by atoms with van der Waals surface area (Å²) in [5.74, 6) is 1.72. The number of amides is 1. The molecule has 0 unspecified atom stereocenters. The molecule has 0 spiro atoms. The molecule has 3 aromatic rings. The van der Waals surface area contributed by atoms with Crippen molar-refractivity contribution < 1.29 is 4.79 Å². The normalized spacial score (nSPS) is 14.5. The van der Waals surface area contributed by atoms with E-state index in [0.717, 1.165) is 53.1 Å². The molecule has 1 aliphatic heterocycles. The Balaban J connectivity index is 1.48. The van der Waals surface area contributed by atoms with Crippen molar-refractivity contribution >= 4 is 11.7 Å². The van der Waals surface area contributed by atoms with Crippen molar-refractivity contribution in [2.45, 2.75) is 27.7 Å². The molecule has 152 valence electrons. The van der Waals surface area contributed by atoms with Crippen molar-refractivity contribution in [1.82, 2.24) is 34.2 Å². The van der Waals surface area contributed by atoms with Crippen molar-refractivity contribution in [2.75, 3.05) is 31.1 Å². The summed E-state index contributed by atoms with van der Waals surface area (Å²) in [7, 11) is 1.87. The Morgan fingerprint density at radius 3 is 2.17 bits per heavy atom. The summed E-state index contributed by atoms with van der Waals surface area (Å²) >= 11 is 0. The van der Waals surface area contributed by atoms with Crippen molar-refractivity contribution in [3.63, 3.8) is 0 Å². The van der Waals surface area contributed by atoms with Crippen molar-refractivity contribution in [1.29, 1.82) is 0 Å². The number of carbonyl (C=O) groups is 1. The first kappa shape index (κ1) is 19.1. The molecule has 1 aliphatic rings. The van der Waals surface area contributed by atoms with E-state index in [4.69, 9.17) is 0 Å². The highest BCUT2D eigenvalue weighted by molar-refractivity contribution is 5.96. The summed E-state index contributed by atoms with van der Waals surface area (Å²) < 4.78 is 3.73. The smallest absolute Gasteiger partial charge is 0.257 e. The Morgan fingerprint density at radius 1 is 0.897 bits per heavy atom. The predicted octanol–water partition coefficient (Wildman–Crippen LogP) is 1.59. The molecule has 0 radical (unpaired) electrons. The van der Waals surface area contributed by atoms with Crippen molar-refractivity contribution in [2.24, 2.45) is 7.05 Å². The van der Waals surface area contributed by atoms with Gasteiger partial charge >= 0.3 is 0 Å². The average Bonchev–Trinajstić information content (AvgIpc) is 3.19. The van der Waals surface area contributed by atoms with Gasteiger partial charge in [-0.05, 0) is 27.7 Å². The van der Waals surface area contributed by atoms with Gasteiger partial charge in [-0.3, -0.25) is 14.0 Å². The number of rotatable bonds is 3. The molecular formula is C20H26N8O. The first-order valence-corrected chi connectivity index (χ1v) is 9.74. The molecule has 0 aliphatic carbocycles. The minimum atomic E-state index is 0.0562. The van der Waals surface area contributed by atoms with Gasteiger partial charge in [-0.1, -0.05) is 0 Å². The van der Waals surface area contributed by atoms with E-state index in [1.54, 1.807) is 17.3 Å². The van der Waals surface area contributed by atoms with Gasteiger partial charge in [0.1, 0.15) is 24.3 Å². The second kappa shape index (κ2) is 7.31. The minimum absolute atomic E-state index is 0.0562. The topological polar surface area (TPSA) is 85.0 Å². The van der Waals surface area contributed by atoms with E-state index in [-0.39, 0.29) is 5.91 Å². The lowest BCUT2D eigenvalue weighted by Crippen LogP contribution is -2.49. The summed E-state index contributed by atoms with van der Waals surface area (Å²) in [6, 6.07) is 1.97. The monoisotopic (exact) mass is 394 g/mol. The van der Waals surface area contributed by atoms with Crippen LogP contribution in [0.3, 0.4) is 0 Å². The number of aromatic nitrogens is 6. The summed E-state index contributed by atoms with van der Waals surface area (Å²) in [6.07, 6.45) is 3.37. The minimum Gasteiger partial charge on any atom is -0.353 e. The summed E-state index contributed by atoms with van der Waals surface area (Å²) in [6.45, 7) is 10.6. The molecule has 29 heavy (non-hydrogen) atoms. The Kier molecular flexibility index (Phi) is 4.81. The second-order valence-corrected chi connectivity index (χ2v) is 7.47. The number of aryl methyl sites for hydroxylation is 3. The van der Waals surface area contributed by atoms with E-state index < -0.39 is 0 Å². The van der Waals surface area contributed by atoms with Gasteiger partial charge in [0.25, 0.3) is 5.91 Å². The Hall–Kier alpha value is -3.23. The second-order valence-electron chi connectivity index (χ2n) is 7.47. The Labute approximate surface area is 170 Å². The van der Waals surface area contributed by atoms with Crippen LogP contribution in [0.25, 0.3) is 5.82 Å². The third kappa shape index (κ3) is 3.37. The molecule has 1 amide bonds. The van der Waals surface area contributed by atoms with E-state index in [9.17, 15) is 4.79 Å². The molecule has 0 aromatic carbocycles. The predicted molar refractivity (Wildman–Crippen MR) is 109 cm³/mol. The zero-order chi connectivity index (χ0) is 20.7. The Morgan fingerprint density at radius 2 is 1.59 bits per heavy atom. The molecule has 4 rings (SSSR count). The summed E-state index contributed by atoms with van der Waals surface area (Å²) in [5, 5.41) is 4.37. The first-order chi connectivity index (χ1) is 13.9. The van der Waals surface area contributed by atoms with Crippen molar-refractivity contribution in [3.8, 4) is 5.82 Å². The van der Waals surface area contributed by atoms with Crippen LogP contribution in [0, 0.1) is 27.7 Å². The van der Waals surface area contributed by atoms with E-state index >= 15 is 0 Å². The third-order valence-corrected chi connectivity index (χ3v) is 5.75. The van der Waals surface area contributed by atoms with Crippen LogP contribution in [0.4, 0.5) is 5.82 Å². The average molecular weight is 394 g/mol. The van der Waals surface area contributed by atoms with Crippen LogP contribution in [0.15, 0.2) is 18.7 Å². The molecule has 0 bridgehead atoms. The molecule has 0 saturated carbocycles. The number of anilines is 1. The van der Waals surface area contributed by atoms with Gasteiger partial charge < -0.3 is 9.80 Å². The number of hydrogen-bond donors (Lipinski definition) is 0. The Bertz CT molecular complexity index is 1060. The highest BCUT2D eigenvalue weighted by Gasteiger charge is 2.27. The quantitative estimate of drug-likeness (QED) is 0.671.